The van der Waals surface area contributed by atoms with E-state index in [4.69, 9.17) is 4.74 Å². The molecule has 2 amide bonds. The highest BCUT2D eigenvalue weighted by Gasteiger charge is 2.22. The van der Waals surface area contributed by atoms with Crippen molar-refractivity contribution in [2.45, 2.75) is 39.2 Å². The molecule has 0 radical (unpaired) electrons. The number of likely N-dealkylation sites (tertiary alicyclic amines) is 1. The lowest BCUT2D eigenvalue weighted by atomic mass is 9.98. The van der Waals surface area contributed by atoms with Gasteiger partial charge in [0.2, 0.25) is 5.91 Å². The van der Waals surface area contributed by atoms with Crippen LogP contribution in [-0.2, 0) is 9.53 Å². The fraction of sp³-hybridized carbons (Fsp3) is 0.600. The quantitative estimate of drug-likeness (QED) is 0.864. The molecule has 0 bridgehead atoms. The molecular weight excluding hydrogens is 330 g/mol. The third-order valence-electron chi connectivity index (χ3n) is 5.25. The molecule has 142 valence electrons. The Kier molecular flexibility index (Phi) is 6.27. The molecule has 2 aliphatic rings. The van der Waals surface area contributed by atoms with Crippen LogP contribution in [0.3, 0.4) is 0 Å². The number of hydrogen-bond acceptors (Lipinski definition) is 4. The molecule has 1 aromatic rings. The van der Waals surface area contributed by atoms with Crippen molar-refractivity contribution in [2.24, 2.45) is 5.92 Å². The van der Waals surface area contributed by atoms with Gasteiger partial charge >= 0.3 is 0 Å². The third-order valence-corrected chi connectivity index (χ3v) is 5.25. The highest BCUT2D eigenvalue weighted by atomic mass is 16.5. The monoisotopic (exact) mass is 359 g/mol. The van der Waals surface area contributed by atoms with E-state index in [0.717, 1.165) is 43.7 Å². The van der Waals surface area contributed by atoms with Gasteiger partial charge in [-0.1, -0.05) is 6.92 Å². The van der Waals surface area contributed by atoms with E-state index in [1.165, 1.54) is 0 Å². The topological polar surface area (TPSA) is 70.7 Å². The summed E-state index contributed by atoms with van der Waals surface area (Å²) in [6.07, 6.45) is 2.52. The van der Waals surface area contributed by atoms with Crippen molar-refractivity contribution in [3.63, 3.8) is 0 Å². The van der Waals surface area contributed by atoms with Crippen molar-refractivity contribution in [3.05, 3.63) is 29.3 Å². The lowest BCUT2D eigenvalue weighted by Crippen LogP contribution is -2.43. The summed E-state index contributed by atoms with van der Waals surface area (Å²) in [5, 5.41) is 6.23. The predicted octanol–water partition coefficient (Wildman–Crippen LogP) is 2.18. The Balaban J connectivity index is 1.58. The number of rotatable bonds is 4. The summed E-state index contributed by atoms with van der Waals surface area (Å²) >= 11 is 0. The number of benzene rings is 1. The van der Waals surface area contributed by atoms with E-state index in [2.05, 4.69) is 17.6 Å². The molecule has 0 aromatic heterocycles. The molecule has 3 rings (SSSR count). The van der Waals surface area contributed by atoms with Crippen molar-refractivity contribution in [1.82, 2.24) is 10.2 Å². The lowest BCUT2D eigenvalue weighted by molar-refractivity contribution is -0.117. The lowest BCUT2D eigenvalue weighted by Gasteiger charge is -2.30. The average molecular weight is 359 g/mol. The Bertz CT molecular complexity index is 648. The van der Waals surface area contributed by atoms with E-state index in [-0.39, 0.29) is 17.9 Å². The molecule has 0 spiro atoms. The van der Waals surface area contributed by atoms with Gasteiger partial charge in [0.05, 0.1) is 13.2 Å². The molecule has 2 heterocycles. The Hall–Kier alpha value is -1.92. The van der Waals surface area contributed by atoms with Gasteiger partial charge in [0.1, 0.15) is 0 Å². The first-order valence-corrected chi connectivity index (χ1v) is 9.54. The first-order valence-electron chi connectivity index (χ1n) is 9.54. The van der Waals surface area contributed by atoms with Crippen LogP contribution in [0.25, 0.3) is 0 Å². The number of hydrogen-bond donors (Lipinski definition) is 2. The minimum Gasteiger partial charge on any atom is -0.378 e. The van der Waals surface area contributed by atoms with Gasteiger partial charge in [-0.25, -0.2) is 0 Å². The summed E-state index contributed by atoms with van der Waals surface area (Å²) in [5.74, 6) is 0.740. The van der Waals surface area contributed by atoms with Gasteiger partial charge in [0.15, 0.2) is 0 Å². The Morgan fingerprint density at radius 2 is 2.08 bits per heavy atom. The molecule has 2 saturated heterocycles. The second-order valence-corrected chi connectivity index (χ2v) is 7.48. The number of nitrogens with one attached hydrogen (secondary N) is 2. The second kappa shape index (κ2) is 8.64. The maximum atomic E-state index is 12.7. The molecule has 6 heteroatoms. The number of amides is 2. The summed E-state index contributed by atoms with van der Waals surface area (Å²) < 4.78 is 5.38. The van der Waals surface area contributed by atoms with Crippen LogP contribution >= 0.6 is 0 Å². The minimum atomic E-state index is -0.0415. The fourth-order valence-corrected chi connectivity index (χ4v) is 3.51. The summed E-state index contributed by atoms with van der Waals surface area (Å²) in [4.78, 5) is 26.9. The zero-order valence-corrected chi connectivity index (χ0v) is 15.7. The van der Waals surface area contributed by atoms with Gasteiger partial charge in [0.25, 0.3) is 5.91 Å². The molecule has 0 saturated carbocycles. The summed E-state index contributed by atoms with van der Waals surface area (Å²) in [6.45, 7) is 7.85. The number of ether oxygens (including phenoxy) is 1. The smallest absolute Gasteiger partial charge is 0.253 e. The highest BCUT2D eigenvalue weighted by Crippen LogP contribution is 2.21. The number of nitrogens with zero attached hydrogens (tertiary/aromatic N) is 1. The van der Waals surface area contributed by atoms with Gasteiger partial charge in [0, 0.05) is 43.3 Å². The van der Waals surface area contributed by atoms with E-state index >= 15 is 0 Å². The molecule has 26 heavy (non-hydrogen) atoms. The molecule has 1 aromatic carbocycles. The Labute approximate surface area is 155 Å². The van der Waals surface area contributed by atoms with E-state index < -0.39 is 0 Å². The van der Waals surface area contributed by atoms with Crippen LogP contribution in [0.2, 0.25) is 0 Å². The van der Waals surface area contributed by atoms with E-state index in [0.29, 0.717) is 31.1 Å². The van der Waals surface area contributed by atoms with Gasteiger partial charge < -0.3 is 20.3 Å². The number of carbonyl (C=O) groups excluding carboxylic acids is 2. The van der Waals surface area contributed by atoms with Crippen LogP contribution in [-0.4, -0.2) is 55.6 Å². The zero-order valence-electron chi connectivity index (χ0n) is 15.7. The largest absolute Gasteiger partial charge is 0.378 e. The van der Waals surface area contributed by atoms with Crippen molar-refractivity contribution in [1.29, 1.82) is 0 Å². The number of anilines is 1. The first-order chi connectivity index (χ1) is 12.5. The van der Waals surface area contributed by atoms with Crippen LogP contribution in [0, 0.1) is 12.8 Å². The normalized spacial score (nSPS) is 21.5. The van der Waals surface area contributed by atoms with Crippen LogP contribution < -0.4 is 10.6 Å². The molecule has 2 N–H and O–H groups in total. The van der Waals surface area contributed by atoms with Crippen LogP contribution in [0.1, 0.15) is 42.1 Å². The molecule has 0 aliphatic carbocycles. The predicted molar refractivity (Wildman–Crippen MR) is 101 cm³/mol. The minimum absolute atomic E-state index is 0.0415. The maximum absolute atomic E-state index is 12.7. The molecular formula is C20H29N3O3. The summed E-state index contributed by atoms with van der Waals surface area (Å²) in [7, 11) is 0. The molecule has 2 fully saturated rings. The van der Waals surface area contributed by atoms with Gasteiger partial charge in [-0.3, -0.25) is 9.59 Å². The molecule has 1 atom stereocenters. The SMILES string of the molecule is Cc1cc(C(=O)N2CCC(C)CC2)ccc1NC(=O)CC1COCCN1. The second-order valence-electron chi connectivity index (χ2n) is 7.48. The van der Waals surface area contributed by atoms with Crippen molar-refractivity contribution >= 4 is 17.5 Å². The van der Waals surface area contributed by atoms with E-state index in [1.54, 1.807) is 0 Å². The Morgan fingerprint density at radius 1 is 1.31 bits per heavy atom. The number of piperidine rings is 1. The number of aryl methyl sites for hydroxylation is 1. The first kappa shape index (κ1) is 18.9. The molecule has 1 unspecified atom stereocenters. The van der Waals surface area contributed by atoms with Crippen molar-refractivity contribution in [2.75, 3.05) is 38.2 Å². The fourth-order valence-electron chi connectivity index (χ4n) is 3.51. The summed E-state index contributed by atoms with van der Waals surface area (Å²) in [5.41, 5.74) is 2.36. The molecule has 6 nitrogen and oxygen atoms in total. The number of morpholine rings is 1. The van der Waals surface area contributed by atoms with E-state index in [1.807, 2.05) is 30.0 Å². The van der Waals surface area contributed by atoms with Gasteiger partial charge in [-0.05, 0) is 49.4 Å². The zero-order chi connectivity index (χ0) is 18.5. The van der Waals surface area contributed by atoms with Crippen molar-refractivity contribution < 1.29 is 14.3 Å². The van der Waals surface area contributed by atoms with Crippen LogP contribution in [0.5, 0.6) is 0 Å². The van der Waals surface area contributed by atoms with Gasteiger partial charge in [-0.2, -0.15) is 0 Å². The standard InChI is InChI=1S/C20H29N3O3/c1-14-5-8-23(9-6-14)20(25)16-3-4-18(15(2)11-16)22-19(24)12-17-13-26-10-7-21-17/h3-4,11,14,17,21H,5-10,12-13H2,1-2H3,(H,22,24). The highest BCUT2D eigenvalue weighted by molar-refractivity contribution is 5.96. The Morgan fingerprint density at radius 3 is 2.73 bits per heavy atom. The maximum Gasteiger partial charge on any atom is 0.253 e. The van der Waals surface area contributed by atoms with Gasteiger partial charge in [-0.15, -0.1) is 0 Å². The summed E-state index contributed by atoms with van der Waals surface area (Å²) in [6, 6.07) is 5.58. The van der Waals surface area contributed by atoms with E-state index in [9.17, 15) is 9.59 Å². The third kappa shape index (κ3) is 4.83. The average Bonchev–Trinajstić information content (AvgIpc) is 2.64. The van der Waals surface area contributed by atoms with Crippen molar-refractivity contribution in [3.8, 4) is 0 Å². The number of carbonyl (C=O) groups is 2. The van der Waals surface area contributed by atoms with Crippen LogP contribution in [0.15, 0.2) is 18.2 Å². The van der Waals surface area contributed by atoms with Crippen LogP contribution in [0.4, 0.5) is 5.69 Å². The molecule has 2 aliphatic heterocycles.